The van der Waals surface area contributed by atoms with E-state index < -0.39 is 0 Å². The summed E-state index contributed by atoms with van der Waals surface area (Å²) in [5.41, 5.74) is 4.85. The van der Waals surface area contributed by atoms with Crippen molar-refractivity contribution in [3.8, 4) is 11.1 Å². The first-order valence-electron chi connectivity index (χ1n) is 7.40. The monoisotopic (exact) mass is 362 g/mol. The van der Waals surface area contributed by atoms with E-state index in [1.165, 1.54) is 0 Å². The lowest BCUT2D eigenvalue weighted by molar-refractivity contribution is 0.589. The molecule has 0 atom stereocenters. The number of furan rings is 2. The number of fused-ring (bicyclic) bond motifs is 4. The molecule has 0 N–H and O–H groups in total. The average molecular weight is 363 g/mol. The van der Waals surface area contributed by atoms with Gasteiger partial charge in [-0.2, -0.15) is 0 Å². The molecule has 0 aliphatic carbocycles. The van der Waals surface area contributed by atoms with Gasteiger partial charge >= 0.3 is 0 Å². The summed E-state index contributed by atoms with van der Waals surface area (Å²) in [7, 11) is 0. The molecule has 0 radical (unpaired) electrons. The number of halogens is 1. The molecule has 0 aliphatic rings. The Bertz CT molecular complexity index is 1180. The molecule has 0 amide bonds. The van der Waals surface area contributed by atoms with Gasteiger partial charge in [0.2, 0.25) is 0 Å². The summed E-state index contributed by atoms with van der Waals surface area (Å²) in [6, 6.07) is 22.4. The maximum atomic E-state index is 6.00. The fraction of sp³-hybridized carbons (Fsp3) is 0. The van der Waals surface area contributed by atoms with Crippen LogP contribution in [0.1, 0.15) is 0 Å². The SMILES string of the molecule is Brc1oc2ccccc2c1-c1cccc2oc3ccccc3c12. The van der Waals surface area contributed by atoms with Gasteiger partial charge in [-0.3, -0.25) is 0 Å². The van der Waals surface area contributed by atoms with Crippen molar-refractivity contribution in [2.24, 2.45) is 0 Å². The van der Waals surface area contributed by atoms with Crippen molar-refractivity contribution < 1.29 is 8.83 Å². The third-order valence-electron chi connectivity index (χ3n) is 4.22. The van der Waals surface area contributed by atoms with Crippen molar-refractivity contribution in [1.82, 2.24) is 0 Å². The number of hydrogen-bond acceptors (Lipinski definition) is 2. The van der Waals surface area contributed by atoms with E-state index in [9.17, 15) is 0 Å². The highest BCUT2D eigenvalue weighted by Gasteiger charge is 2.18. The third-order valence-corrected chi connectivity index (χ3v) is 4.78. The van der Waals surface area contributed by atoms with Crippen LogP contribution in [0.2, 0.25) is 0 Å². The summed E-state index contributed by atoms with van der Waals surface area (Å²) in [4.78, 5) is 0. The van der Waals surface area contributed by atoms with E-state index in [0.717, 1.165) is 48.7 Å². The number of rotatable bonds is 1. The molecular weight excluding hydrogens is 352 g/mol. The molecule has 3 aromatic carbocycles. The molecule has 0 bridgehead atoms. The Balaban J connectivity index is 1.98. The van der Waals surface area contributed by atoms with Crippen LogP contribution < -0.4 is 0 Å². The minimum Gasteiger partial charge on any atom is -0.456 e. The Morgan fingerprint density at radius 2 is 1.26 bits per heavy atom. The lowest BCUT2D eigenvalue weighted by atomic mass is 9.99. The van der Waals surface area contributed by atoms with Crippen molar-refractivity contribution >= 4 is 48.8 Å². The molecule has 0 unspecified atom stereocenters. The highest BCUT2D eigenvalue weighted by molar-refractivity contribution is 9.10. The zero-order chi connectivity index (χ0) is 15.4. The van der Waals surface area contributed by atoms with Gasteiger partial charge in [-0.25, -0.2) is 0 Å². The van der Waals surface area contributed by atoms with E-state index in [2.05, 4.69) is 34.1 Å². The molecule has 5 aromatic rings. The van der Waals surface area contributed by atoms with Gasteiger partial charge in [0.05, 0.1) is 0 Å². The first-order chi connectivity index (χ1) is 11.3. The lowest BCUT2D eigenvalue weighted by Crippen LogP contribution is -1.79. The van der Waals surface area contributed by atoms with Crippen LogP contribution in [-0.4, -0.2) is 0 Å². The van der Waals surface area contributed by atoms with Gasteiger partial charge in [-0.15, -0.1) is 0 Å². The summed E-state index contributed by atoms with van der Waals surface area (Å²) in [5.74, 6) is 0. The van der Waals surface area contributed by atoms with Gasteiger partial charge in [0.25, 0.3) is 0 Å². The molecule has 2 aromatic heterocycles. The van der Waals surface area contributed by atoms with Crippen molar-refractivity contribution in [1.29, 1.82) is 0 Å². The van der Waals surface area contributed by atoms with Crippen LogP contribution in [0, 0.1) is 0 Å². The normalized spacial score (nSPS) is 11.7. The van der Waals surface area contributed by atoms with E-state index in [4.69, 9.17) is 8.83 Å². The fourth-order valence-corrected chi connectivity index (χ4v) is 3.85. The van der Waals surface area contributed by atoms with Crippen LogP contribution in [0.15, 0.2) is 80.2 Å². The maximum Gasteiger partial charge on any atom is 0.178 e. The molecular formula is C20H11BrO2. The first-order valence-corrected chi connectivity index (χ1v) is 8.20. The van der Waals surface area contributed by atoms with Crippen LogP contribution in [0.5, 0.6) is 0 Å². The van der Waals surface area contributed by atoms with Crippen LogP contribution in [0.25, 0.3) is 44.0 Å². The summed E-state index contributed by atoms with van der Waals surface area (Å²) in [6.07, 6.45) is 0. The van der Waals surface area contributed by atoms with Gasteiger partial charge < -0.3 is 8.83 Å². The van der Waals surface area contributed by atoms with Crippen LogP contribution >= 0.6 is 15.9 Å². The topological polar surface area (TPSA) is 26.3 Å². The molecule has 0 fully saturated rings. The van der Waals surface area contributed by atoms with E-state index in [1.807, 2.05) is 48.5 Å². The smallest absolute Gasteiger partial charge is 0.178 e. The maximum absolute atomic E-state index is 6.00. The first kappa shape index (κ1) is 13.0. The predicted octanol–water partition coefficient (Wildman–Crippen LogP) is 6.76. The van der Waals surface area contributed by atoms with Gasteiger partial charge in [-0.05, 0) is 39.7 Å². The lowest BCUT2D eigenvalue weighted by Gasteiger charge is -2.02. The molecule has 0 spiro atoms. The Labute approximate surface area is 140 Å². The molecule has 2 heterocycles. The Morgan fingerprint density at radius 1 is 0.609 bits per heavy atom. The van der Waals surface area contributed by atoms with Crippen molar-refractivity contribution in [2.45, 2.75) is 0 Å². The van der Waals surface area contributed by atoms with Crippen molar-refractivity contribution in [3.63, 3.8) is 0 Å². The van der Waals surface area contributed by atoms with Crippen LogP contribution in [-0.2, 0) is 0 Å². The molecule has 0 saturated heterocycles. The number of benzene rings is 3. The third kappa shape index (κ3) is 1.80. The molecule has 0 aliphatic heterocycles. The van der Waals surface area contributed by atoms with E-state index in [-0.39, 0.29) is 0 Å². The Hall–Kier alpha value is -2.52. The van der Waals surface area contributed by atoms with Crippen molar-refractivity contribution in [3.05, 3.63) is 71.4 Å². The zero-order valence-corrected chi connectivity index (χ0v) is 13.6. The van der Waals surface area contributed by atoms with E-state index in [0.29, 0.717) is 0 Å². The molecule has 0 saturated carbocycles. The second-order valence-corrected chi connectivity index (χ2v) is 6.24. The van der Waals surface area contributed by atoms with Gasteiger partial charge in [0.1, 0.15) is 16.7 Å². The largest absolute Gasteiger partial charge is 0.456 e. The average Bonchev–Trinajstić information content (AvgIpc) is 3.11. The summed E-state index contributed by atoms with van der Waals surface area (Å²) in [6.45, 7) is 0. The quantitative estimate of drug-likeness (QED) is 0.329. The second kappa shape index (κ2) is 4.74. The molecule has 110 valence electrons. The molecule has 5 rings (SSSR count). The molecule has 2 nitrogen and oxygen atoms in total. The minimum atomic E-state index is 0.747. The van der Waals surface area contributed by atoms with Crippen LogP contribution in [0.4, 0.5) is 0 Å². The number of hydrogen-bond donors (Lipinski definition) is 0. The van der Waals surface area contributed by atoms with Gasteiger partial charge in [0.15, 0.2) is 4.67 Å². The summed E-state index contributed by atoms with van der Waals surface area (Å²) in [5, 5.41) is 3.34. The summed E-state index contributed by atoms with van der Waals surface area (Å²) < 4.78 is 12.6. The Kier molecular flexibility index (Phi) is 2.67. The van der Waals surface area contributed by atoms with E-state index in [1.54, 1.807) is 0 Å². The fourth-order valence-electron chi connectivity index (χ4n) is 3.25. The van der Waals surface area contributed by atoms with Crippen molar-refractivity contribution in [2.75, 3.05) is 0 Å². The highest BCUT2D eigenvalue weighted by Crippen LogP contribution is 2.43. The van der Waals surface area contributed by atoms with Crippen LogP contribution in [0.3, 0.4) is 0 Å². The molecule has 23 heavy (non-hydrogen) atoms. The predicted molar refractivity (Wildman–Crippen MR) is 96.6 cm³/mol. The summed E-state index contributed by atoms with van der Waals surface area (Å²) >= 11 is 3.59. The van der Waals surface area contributed by atoms with Gasteiger partial charge in [-0.1, -0.05) is 48.5 Å². The number of para-hydroxylation sites is 2. The second-order valence-electron chi connectivity index (χ2n) is 5.52. The standard InChI is InChI=1S/C20H11BrO2/c21-20-19(13-7-2-4-10-16(13)23-20)14-8-5-11-17-18(14)12-6-1-3-9-15(12)22-17/h1-11H. The highest BCUT2D eigenvalue weighted by atomic mass is 79.9. The molecule has 3 heteroatoms. The Morgan fingerprint density at radius 3 is 2.09 bits per heavy atom. The van der Waals surface area contributed by atoms with Gasteiger partial charge in [0, 0.05) is 21.7 Å². The van der Waals surface area contributed by atoms with E-state index >= 15 is 0 Å². The zero-order valence-electron chi connectivity index (χ0n) is 12.0. The minimum absolute atomic E-state index is 0.747.